The van der Waals surface area contributed by atoms with Crippen LogP contribution in [0.3, 0.4) is 0 Å². The van der Waals surface area contributed by atoms with Crippen LogP contribution < -0.4 is 11.5 Å². The minimum atomic E-state index is -1.36. The van der Waals surface area contributed by atoms with Crippen molar-refractivity contribution in [2.45, 2.75) is 4.46 Å². The largest absolute Gasteiger partial charge is 0.479 e. The Balaban J connectivity index is 0. The fraction of sp³-hybridized carbons (Fsp3) is 0.500. The van der Waals surface area contributed by atoms with Gasteiger partial charge < -0.3 is 11.5 Å². The van der Waals surface area contributed by atoms with Gasteiger partial charge in [0.2, 0.25) is 0 Å². The molecule has 0 fully saturated rings. The SMILES string of the molecule is N[CH-]C(N)(Cl)Cl.[Pt]. The Morgan fingerprint density at radius 1 is 1.43 bits per heavy atom. The third-order valence-corrected chi connectivity index (χ3v) is 0.474. The fourth-order valence-electron chi connectivity index (χ4n) is 0. The quantitative estimate of drug-likeness (QED) is 0.411. The summed E-state index contributed by atoms with van der Waals surface area (Å²) < 4.78 is -1.36. The van der Waals surface area contributed by atoms with Gasteiger partial charge in [-0.05, 0) is 0 Å². The summed E-state index contributed by atoms with van der Waals surface area (Å²) in [6.07, 6.45) is 0. The minimum Gasteiger partial charge on any atom is -0.479 e. The van der Waals surface area contributed by atoms with E-state index in [1.54, 1.807) is 0 Å². The topological polar surface area (TPSA) is 52.0 Å². The molecule has 0 aromatic carbocycles. The summed E-state index contributed by atoms with van der Waals surface area (Å²) in [4.78, 5) is 0. The Morgan fingerprint density at radius 2 is 1.57 bits per heavy atom. The molecule has 0 saturated heterocycles. The molecule has 0 heterocycles. The van der Waals surface area contributed by atoms with Crippen LogP contribution in [0.4, 0.5) is 0 Å². The van der Waals surface area contributed by atoms with Crippen molar-refractivity contribution in [1.29, 1.82) is 0 Å². The minimum absolute atomic E-state index is 0. The molecule has 0 rings (SSSR count). The maximum Gasteiger partial charge on any atom is 0.0553 e. The molecule has 0 aliphatic heterocycles. The van der Waals surface area contributed by atoms with E-state index in [0.717, 1.165) is 6.54 Å². The number of rotatable bonds is 1. The van der Waals surface area contributed by atoms with Gasteiger partial charge in [0.15, 0.2) is 0 Å². The van der Waals surface area contributed by atoms with Gasteiger partial charge in [-0.1, -0.05) is 0 Å². The second-order valence-electron chi connectivity index (χ2n) is 0.841. The summed E-state index contributed by atoms with van der Waals surface area (Å²) in [7, 11) is 0. The van der Waals surface area contributed by atoms with Crippen molar-refractivity contribution < 1.29 is 21.1 Å². The number of hydrogen-bond acceptors (Lipinski definition) is 2. The first-order valence-electron chi connectivity index (χ1n) is 1.29. The number of nitrogens with two attached hydrogens (primary N) is 2. The van der Waals surface area contributed by atoms with E-state index < -0.39 is 4.46 Å². The van der Waals surface area contributed by atoms with Crippen LogP contribution in [0.15, 0.2) is 0 Å². The van der Waals surface area contributed by atoms with E-state index in [0.29, 0.717) is 0 Å². The van der Waals surface area contributed by atoms with Gasteiger partial charge in [0.25, 0.3) is 0 Å². The van der Waals surface area contributed by atoms with E-state index in [2.05, 4.69) is 0 Å². The molecule has 0 aliphatic rings. The van der Waals surface area contributed by atoms with Gasteiger partial charge in [-0.3, -0.25) is 0 Å². The van der Waals surface area contributed by atoms with Crippen molar-refractivity contribution in [3.63, 3.8) is 0 Å². The van der Waals surface area contributed by atoms with E-state index in [4.69, 9.17) is 34.7 Å². The molecule has 5 heteroatoms. The van der Waals surface area contributed by atoms with E-state index in [1.807, 2.05) is 0 Å². The van der Waals surface area contributed by atoms with Crippen molar-refractivity contribution in [3.05, 3.63) is 6.54 Å². The average Bonchev–Trinajstić information content (AvgIpc) is 1.35. The van der Waals surface area contributed by atoms with Gasteiger partial charge in [-0.25, -0.2) is 6.54 Å². The molecule has 0 amide bonds. The molecule has 0 aromatic heterocycles. The van der Waals surface area contributed by atoms with Crippen LogP contribution >= 0.6 is 23.2 Å². The molecule has 0 atom stereocenters. The standard InChI is InChI=1S/C2H5Cl2N2.Pt/c3-2(4,6)1-5;/h1H,5-6H2;/q-1;. The maximum atomic E-state index is 5.08. The second kappa shape index (κ2) is 4.11. The third-order valence-electron chi connectivity index (χ3n) is 0.222. The molecule has 0 bridgehead atoms. The van der Waals surface area contributed by atoms with E-state index in [-0.39, 0.29) is 21.1 Å². The molecule has 48 valence electrons. The summed E-state index contributed by atoms with van der Waals surface area (Å²) in [5.41, 5.74) is 9.68. The maximum absolute atomic E-state index is 5.08. The summed E-state index contributed by atoms with van der Waals surface area (Å²) in [6, 6.07) is 0. The first-order chi connectivity index (χ1) is 2.56. The Hall–Kier alpha value is 1.19. The van der Waals surface area contributed by atoms with Gasteiger partial charge in [0.1, 0.15) is 0 Å². The van der Waals surface area contributed by atoms with Gasteiger partial charge in [0.05, 0.1) is 4.46 Å². The number of hydrogen-bond donors (Lipinski definition) is 2. The fourth-order valence-corrected chi connectivity index (χ4v) is 0. The monoisotopic (exact) mass is 322 g/mol. The first kappa shape index (κ1) is 11.0. The molecule has 0 radical (unpaired) electrons. The van der Waals surface area contributed by atoms with Gasteiger partial charge in [-0.2, -0.15) is 0 Å². The predicted octanol–water partition coefficient (Wildman–Crippen LogP) is 0.194. The van der Waals surface area contributed by atoms with Gasteiger partial charge in [0, 0.05) is 21.1 Å². The molecule has 0 aromatic rings. The van der Waals surface area contributed by atoms with Crippen LogP contribution in [0, 0.1) is 6.54 Å². The summed E-state index contributed by atoms with van der Waals surface area (Å²) in [5.74, 6) is 0. The summed E-state index contributed by atoms with van der Waals surface area (Å²) >= 11 is 10.2. The molecular weight excluding hydrogens is 318 g/mol. The predicted molar refractivity (Wildman–Crippen MR) is 27.1 cm³/mol. The molecule has 0 spiro atoms. The second-order valence-corrected chi connectivity index (χ2v) is 2.29. The van der Waals surface area contributed by atoms with Crippen molar-refractivity contribution >= 4 is 23.2 Å². The zero-order chi connectivity index (χ0) is 5.21. The zero-order valence-electron chi connectivity index (χ0n) is 3.30. The Kier molecular flexibility index (Phi) is 6.48. The zero-order valence-corrected chi connectivity index (χ0v) is 7.09. The summed E-state index contributed by atoms with van der Waals surface area (Å²) in [6.45, 7) is 0.996. The molecule has 7 heavy (non-hydrogen) atoms. The Labute approximate surface area is 66.8 Å². The average molecular weight is 323 g/mol. The third kappa shape index (κ3) is 11.0. The Morgan fingerprint density at radius 3 is 1.57 bits per heavy atom. The van der Waals surface area contributed by atoms with Crippen LogP contribution in [-0.2, 0) is 21.1 Å². The molecule has 2 nitrogen and oxygen atoms in total. The van der Waals surface area contributed by atoms with E-state index in [9.17, 15) is 0 Å². The van der Waals surface area contributed by atoms with E-state index in [1.165, 1.54) is 0 Å². The summed E-state index contributed by atoms with van der Waals surface area (Å²) in [5, 5.41) is 0. The number of alkyl halides is 2. The smallest absolute Gasteiger partial charge is 0.0553 e. The van der Waals surface area contributed by atoms with Crippen molar-refractivity contribution in [3.8, 4) is 0 Å². The van der Waals surface area contributed by atoms with Gasteiger partial charge >= 0.3 is 0 Å². The number of halogens is 2. The molecule has 0 unspecified atom stereocenters. The van der Waals surface area contributed by atoms with Crippen molar-refractivity contribution in [2.75, 3.05) is 0 Å². The van der Waals surface area contributed by atoms with Crippen LogP contribution in [0.1, 0.15) is 0 Å². The molecule has 4 N–H and O–H groups in total. The van der Waals surface area contributed by atoms with Gasteiger partial charge in [-0.15, -0.1) is 23.2 Å². The van der Waals surface area contributed by atoms with Crippen LogP contribution in [0.5, 0.6) is 0 Å². The Bertz CT molecular complexity index is 43.4. The van der Waals surface area contributed by atoms with Crippen molar-refractivity contribution in [1.82, 2.24) is 0 Å². The van der Waals surface area contributed by atoms with Crippen molar-refractivity contribution in [2.24, 2.45) is 11.5 Å². The normalized spacial score (nSPS) is 10.3. The van der Waals surface area contributed by atoms with Crippen LogP contribution in [0.2, 0.25) is 0 Å². The first-order valence-corrected chi connectivity index (χ1v) is 2.04. The molecule has 0 saturated carbocycles. The van der Waals surface area contributed by atoms with E-state index >= 15 is 0 Å². The van der Waals surface area contributed by atoms with Crippen LogP contribution in [0.25, 0.3) is 0 Å². The molecular formula is C2H5Cl2N2Pt-. The molecule has 0 aliphatic carbocycles. The van der Waals surface area contributed by atoms with Crippen LogP contribution in [-0.4, -0.2) is 4.46 Å².